The van der Waals surface area contributed by atoms with Crippen LogP contribution in [0.5, 0.6) is 5.75 Å². The van der Waals surface area contributed by atoms with Crippen molar-refractivity contribution in [1.82, 2.24) is 4.98 Å². The fourth-order valence-corrected chi connectivity index (χ4v) is 2.27. The van der Waals surface area contributed by atoms with Crippen LogP contribution in [0.25, 0.3) is 0 Å². The van der Waals surface area contributed by atoms with Crippen molar-refractivity contribution in [3.05, 3.63) is 51.4 Å². The van der Waals surface area contributed by atoms with Gasteiger partial charge in [-0.3, -0.25) is 4.98 Å². The number of halogens is 1. The largest absolute Gasteiger partial charge is 0.486 e. The summed E-state index contributed by atoms with van der Waals surface area (Å²) in [6, 6.07) is 9.20. The summed E-state index contributed by atoms with van der Waals surface area (Å²) in [5.74, 6) is 0.610. The highest BCUT2D eigenvalue weighted by atomic mass is 127. The van der Waals surface area contributed by atoms with Crippen molar-refractivity contribution >= 4 is 28.3 Å². The molecule has 5 heteroatoms. The summed E-state index contributed by atoms with van der Waals surface area (Å²) in [4.78, 5) is 4.01. The molecule has 2 N–H and O–H groups in total. The highest BCUT2D eigenvalue weighted by Gasteiger charge is 2.08. The van der Waals surface area contributed by atoms with Crippen LogP contribution in [0, 0.1) is 14.9 Å². The number of pyridine rings is 1. The number of rotatable bonds is 3. The van der Waals surface area contributed by atoms with Gasteiger partial charge >= 0.3 is 0 Å². The van der Waals surface area contributed by atoms with Crippen LogP contribution in [0.15, 0.2) is 36.7 Å². The second kappa shape index (κ2) is 5.69. The average Bonchev–Trinajstić information content (AvgIpc) is 2.38. The van der Waals surface area contributed by atoms with E-state index in [2.05, 4.69) is 33.6 Å². The first-order chi connectivity index (χ1) is 8.70. The number of aromatic nitrogens is 1. The molecule has 0 saturated carbocycles. The van der Waals surface area contributed by atoms with Crippen LogP contribution in [0.1, 0.15) is 11.1 Å². The van der Waals surface area contributed by atoms with Crippen molar-refractivity contribution in [3.63, 3.8) is 0 Å². The van der Waals surface area contributed by atoms with Crippen LogP contribution < -0.4 is 10.5 Å². The highest BCUT2D eigenvalue weighted by Crippen LogP contribution is 2.30. The molecule has 4 nitrogen and oxygen atoms in total. The molecule has 1 aromatic heterocycles. The zero-order valence-electron chi connectivity index (χ0n) is 9.43. The quantitative estimate of drug-likeness (QED) is 0.682. The number of nitrogens with two attached hydrogens (primary N) is 1. The number of hydrogen-bond donors (Lipinski definition) is 1. The molecule has 18 heavy (non-hydrogen) atoms. The fourth-order valence-electron chi connectivity index (χ4n) is 1.47. The molecule has 0 amide bonds. The third-order valence-corrected chi connectivity index (χ3v) is 3.11. The van der Waals surface area contributed by atoms with Gasteiger partial charge in [0.05, 0.1) is 20.9 Å². The second-order valence-corrected chi connectivity index (χ2v) is 4.80. The predicted molar refractivity (Wildman–Crippen MR) is 76.9 cm³/mol. The Balaban J connectivity index is 2.18. The topological polar surface area (TPSA) is 71.9 Å². The summed E-state index contributed by atoms with van der Waals surface area (Å²) in [6.45, 7) is 0.403. The number of benzene rings is 1. The molecule has 0 unspecified atom stereocenters. The third kappa shape index (κ3) is 2.90. The lowest BCUT2D eigenvalue weighted by atomic mass is 10.2. The first-order valence-electron chi connectivity index (χ1n) is 5.21. The molecule has 1 aromatic carbocycles. The summed E-state index contributed by atoms with van der Waals surface area (Å²) in [7, 11) is 0. The van der Waals surface area contributed by atoms with Crippen molar-refractivity contribution in [3.8, 4) is 11.8 Å². The number of nitrogen functional groups attached to an aromatic ring is 1. The Bertz CT molecular complexity index is 570. The van der Waals surface area contributed by atoms with E-state index in [1.165, 1.54) is 0 Å². The highest BCUT2D eigenvalue weighted by molar-refractivity contribution is 14.1. The second-order valence-electron chi connectivity index (χ2n) is 3.64. The molecule has 0 saturated heterocycles. The van der Waals surface area contributed by atoms with E-state index in [9.17, 15) is 0 Å². The standard InChI is InChI=1S/C13H10IN3O/c14-11-4-10(6-15)5-12(16)13(11)18-8-9-2-1-3-17-7-9/h1-5,7H,8,16H2. The first-order valence-corrected chi connectivity index (χ1v) is 6.29. The molecular weight excluding hydrogens is 341 g/mol. The number of nitriles is 1. The van der Waals surface area contributed by atoms with E-state index in [0.717, 1.165) is 9.13 Å². The molecule has 0 fully saturated rings. The van der Waals surface area contributed by atoms with Crippen molar-refractivity contribution in [2.45, 2.75) is 6.61 Å². The maximum absolute atomic E-state index is 8.83. The summed E-state index contributed by atoms with van der Waals surface area (Å²) >= 11 is 2.11. The summed E-state index contributed by atoms with van der Waals surface area (Å²) in [6.07, 6.45) is 3.45. The minimum absolute atomic E-state index is 0.403. The smallest absolute Gasteiger partial charge is 0.156 e. The maximum Gasteiger partial charge on any atom is 0.156 e. The Morgan fingerprint density at radius 2 is 2.28 bits per heavy atom. The van der Waals surface area contributed by atoms with E-state index in [-0.39, 0.29) is 0 Å². The summed E-state index contributed by atoms with van der Waals surface area (Å²) < 4.78 is 6.50. The Morgan fingerprint density at radius 1 is 1.44 bits per heavy atom. The van der Waals surface area contributed by atoms with E-state index in [0.29, 0.717) is 23.6 Å². The minimum atomic E-state index is 0.403. The Labute approximate surface area is 119 Å². The minimum Gasteiger partial charge on any atom is -0.486 e. The monoisotopic (exact) mass is 351 g/mol. The molecule has 2 aromatic rings. The van der Waals surface area contributed by atoms with Crippen LogP contribution in [-0.4, -0.2) is 4.98 Å². The summed E-state index contributed by atoms with van der Waals surface area (Å²) in [5, 5.41) is 8.83. The molecule has 2 rings (SSSR count). The number of nitrogens with zero attached hydrogens (tertiary/aromatic N) is 2. The Hall–Kier alpha value is -1.81. The van der Waals surface area contributed by atoms with E-state index in [4.69, 9.17) is 15.7 Å². The average molecular weight is 351 g/mol. The molecule has 0 atom stereocenters. The zero-order valence-corrected chi connectivity index (χ0v) is 11.6. The molecule has 0 bridgehead atoms. The van der Waals surface area contributed by atoms with E-state index in [1.807, 2.05) is 12.1 Å². The van der Waals surface area contributed by atoms with Gasteiger partial charge in [-0.15, -0.1) is 0 Å². The fraction of sp³-hybridized carbons (Fsp3) is 0.0769. The van der Waals surface area contributed by atoms with Gasteiger partial charge in [0, 0.05) is 18.0 Å². The van der Waals surface area contributed by atoms with Crippen LogP contribution in [0.3, 0.4) is 0 Å². The van der Waals surface area contributed by atoms with E-state index < -0.39 is 0 Å². The Kier molecular flexibility index (Phi) is 3.99. The van der Waals surface area contributed by atoms with Gasteiger partial charge < -0.3 is 10.5 Å². The van der Waals surface area contributed by atoms with Crippen LogP contribution in [0.4, 0.5) is 5.69 Å². The normalized spacial score (nSPS) is 9.78. The lowest BCUT2D eigenvalue weighted by Crippen LogP contribution is -2.01. The number of anilines is 1. The van der Waals surface area contributed by atoms with E-state index >= 15 is 0 Å². The molecular formula is C13H10IN3O. The molecule has 0 aliphatic rings. The zero-order chi connectivity index (χ0) is 13.0. The van der Waals surface area contributed by atoms with Gasteiger partial charge in [0.25, 0.3) is 0 Å². The van der Waals surface area contributed by atoms with Gasteiger partial charge in [-0.25, -0.2) is 0 Å². The van der Waals surface area contributed by atoms with Gasteiger partial charge in [0.15, 0.2) is 5.75 Å². The van der Waals surface area contributed by atoms with Crippen molar-refractivity contribution in [2.24, 2.45) is 0 Å². The predicted octanol–water partition coefficient (Wildman–Crippen LogP) is 2.72. The van der Waals surface area contributed by atoms with Crippen LogP contribution in [-0.2, 0) is 6.61 Å². The lowest BCUT2D eigenvalue weighted by molar-refractivity contribution is 0.305. The van der Waals surface area contributed by atoms with Crippen LogP contribution in [0.2, 0.25) is 0 Å². The number of hydrogen-bond acceptors (Lipinski definition) is 4. The molecule has 0 spiro atoms. The van der Waals surface area contributed by atoms with Gasteiger partial charge in [-0.1, -0.05) is 6.07 Å². The van der Waals surface area contributed by atoms with Crippen molar-refractivity contribution in [1.29, 1.82) is 5.26 Å². The molecule has 1 heterocycles. The van der Waals surface area contributed by atoms with Gasteiger partial charge in [0.1, 0.15) is 6.61 Å². The summed E-state index contributed by atoms with van der Waals surface area (Å²) in [5.41, 5.74) is 7.84. The van der Waals surface area contributed by atoms with Gasteiger partial charge in [-0.05, 0) is 40.8 Å². The van der Waals surface area contributed by atoms with Crippen molar-refractivity contribution in [2.75, 3.05) is 5.73 Å². The van der Waals surface area contributed by atoms with Crippen molar-refractivity contribution < 1.29 is 4.74 Å². The maximum atomic E-state index is 8.83. The molecule has 0 radical (unpaired) electrons. The van der Waals surface area contributed by atoms with Gasteiger partial charge in [0.2, 0.25) is 0 Å². The number of ether oxygens (including phenoxy) is 1. The van der Waals surface area contributed by atoms with Gasteiger partial charge in [-0.2, -0.15) is 5.26 Å². The first kappa shape index (κ1) is 12.6. The SMILES string of the molecule is N#Cc1cc(N)c(OCc2cccnc2)c(I)c1. The third-order valence-electron chi connectivity index (χ3n) is 2.31. The molecule has 90 valence electrons. The Morgan fingerprint density at radius 3 is 2.89 bits per heavy atom. The van der Waals surface area contributed by atoms with E-state index in [1.54, 1.807) is 24.5 Å². The molecule has 0 aliphatic heterocycles. The van der Waals surface area contributed by atoms with Crippen LogP contribution >= 0.6 is 22.6 Å². The lowest BCUT2D eigenvalue weighted by Gasteiger charge is -2.11. The molecule has 0 aliphatic carbocycles.